The second kappa shape index (κ2) is 12.4. The maximum absolute atomic E-state index is 14.6. The van der Waals surface area contributed by atoms with Gasteiger partial charge in [0.05, 0.1) is 22.8 Å². The molecule has 0 bridgehead atoms. The first-order chi connectivity index (χ1) is 19.1. The largest absolute Gasteiger partial charge is 0.423 e. The molecule has 0 saturated heterocycles. The first-order valence-corrected chi connectivity index (χ1v) is 11.9. The molecule has 0 saturated carbocycles. The Labute approximate surface area is 226 Å². The van der Waals surface area contributed by atoms with Crippen LogP contribution in [0.3, 0.4) is 0 Å². The van der Waals surface area contributed by atoms with Crippen LogP contribution in [0, 0.1) is 5.82 Å². The van der Waals surface area contributed by atoms with Gasteiger partial charge in [-0.3, -0.25) is 9.59 Å². The highest BCUT2D eigenvalue weighted by atomic mass is 19.4. The van der Waals surface area contributed by atoms with Gasteiger partial charge in [-0.25, -0.2) is 19.5 Å². The summed E-state index contributed by atoms with van der Waals surface area (Å²) in [5.41, 5.74) is 0.591. The molecule has 1 atom stereocenters. The lowest BCUT2D eigenvalue weighted by Crippen LogP contribution is -2.24. The van der Waals surface area contributed by atoms with Crippen LogP contribution >= 0.6 is 0 Å². The van der Waals surface area contributed by atoms with Crippen LogP contribution < -0.4 is 16.9 Å². The standard InChI is InChI=1S/C20H19F4N3O2.C5H4F3N3O/c1-2-3-4-6-27-7-5-12-8-15(16(21)9-14(12)19(27)29)18-25-10-13(11-26-18)17(28)20(22,23)24;6-5(7,8)3-2(9)1-10-11-4(3)12/h5,7-11,17,28H,2-4,6H2,1H3;1H,(H3,9,11,12). The number of pyridine rings is 1. The Bertz CT molecular complexity index is 1620. The molecule has 4 rings (SSSR count). The van der Waals surface area contributed by atoms with Crippen molar-refractivity contribution < 1.29 is 35.8 Å². The van der Waals surface area contributed by atoms with Gasteiger partial charge in [0.25, 0.3) is 11.1 Å². The zero-order valence-corrected chi connectivity index (χ0v) is 21.2. The molecule has 0 spiro atoms. The van der Waals surface area contributed by atoms with E-state index in [0.717, 1.165) is 43.9 Å². The van der Waals surface area contributed by atoms with E-state index in [4.69, 9.17) is 5.73 Å². The van der Waals surface area contributed by atoms with Crippen molar-refractivity contribution in [3.8, 4) is 11.4 Å². The number of alkyl halides is 6. The third-order valence-electron chi connectivity index (χ3n) is 5.77. The summed E-state index contributed by atoms with van der Waals surface area (Å²) in [6.45, 7) is 2.59. The van der Waals surface area contributed by atoms with Gasteiger partial charge in [-0.15, -0.1) is 0 Å². The SMILES string of the molecule is CCCCCn1ccc2cc(-c3ncc(C(O)C(F)(F)F)cn3)c(F)cc2c1=O.Nc1cn[nH]c(=O)c1C(F)(F)F. The van der Waals surface area contributed by atoms with Crippen molar-refractivity contribution in [1.82, 2.24) is 24.7 Å². The summed E-state index contributed by atoms with van der Waals surface area (Å²) in [5, 5.41) is 14.6. The highest BCUT2D eigenvalue weighted by Crippen LogP contribution is 2.32. The van der Waals surface area contributed by atoms with Crippen LogP contribution in [0.5, 0.6) is 0 Å². The summed E-state index contributed by atoms with van der Waals surface area (Å²) in [4.78, 5) is 30.6. The van der Waals surface area contributed by atoms with Crippen LogP contribution in [0.15, 0.2) is 52.6 Å². The summed E-state index contributed by atoms with van der Waals surface area (Å²) in [6, 6.07) is 4.15. The van der Waals surface area contributed by atoms with Crippen LogP contribution in [-0.4, -0.2) is 36.0 Å². The summed E-state index contributed by atoms with van der Waals surface area (Å²) in [6.07, 6.45) is -5.50. The van der Waals surface area contributed by atoms with E-state index in [2.05, 4.69) is 22.0 Å². The number of aromatic amines is 1. The van der Waals surface area contributed by atoms with Gasteiger partial charge in [-0.1, -0.05) is 19.8 Å². The van der Waals surface area contributed by atoms with Gasteiger partial charge in [0.2, 0.25) is 0 Å². The minimum atomic E-state index is -4.85. The third kappa shape index (κ3) is 7.45. The Kier molecular flexibility index (Phi) is 9.47. The first kappa shape index (κ1) is 31.2. The summed E-state index contributed by atoms with van der Waals surface area (Å²) >= 11 is 0. The quantitative estimate of drug-likeness (QED) is 0.218. The van der Waals surface area contributed by atoms with Crippen LogP contribution in [-0.2, 0) is 12.7 Å². The molecule has 16 heteroatoms. The van der Waals surface area contributed by atoms with Gasteiger partial charge in [0, 0.05) is 30.7 Å². The average Bonchev–Trinajstić information content (AvgIpc) is 2.89. The number of aliphatic hydroxyl groups excluding tert-OH is 1. The van der Waals surface area contributed by atoms with Gasteiger partial charge in [-0.05, 0) is 30.0 Å². The number of nitrogens with two attached hydrogens (primary N) is 1. The number of unbranched alkanes of at least 4 members (excludes halogenated alkanes) is 2. The van der Waals surface area contributed by atoms with Crippen molar-refractivity contribution in [1.29, 1.82) is 0 Å². The number of fused-ring (bicyclic) bond motifs is 1. The number of halogens is 7. The summed E-state index contributed by atoms with van der Waals surface area (Å²) in [7, 11) is 0. The van der Waals surface area contributed by atoms with Crippen molar-refractivity contribution in [2.45, 2.75) is 51.2 Å². The molecule has 1 unspecified atom stereocenters. The molecular weight excluding hydrogens is 565 g/mol. The third-order valence-corrected chi connectivity index (χ3v) is 5.77. The molecule has 41 heavy (non-hydrogen) atoms. The number of hydrogen-bond acceptors (Lipinski definition) is 7. The minimum Gasteiger partial charge on any atom is -0.397 e. The van der Waals surface area contributed by atoms with Crippen molar-refractivity contribution >= 4 is 16.5 Å². The van der Waals surface area contributed by atoms with E-state index < -0.39 is 46.6 Å². The number of benzene rings is 1. The molecule has 0 aliphatic rings. The van der Waals surface area contributed by atoms with Gasteiger partial charge in [0.1, 0.15) is 11.4 Å². The van der Waals surface area contributed by atoms with Crippen molar-refractivity contribution in [3.63, 3.8) is 0 Å². The number of hydrogen-bond donors (Lipinski definition) is 3. The lowest BCUT2D eigenvalue weighted by atomic mass is 10.1. The van der Waals surface area contributed by atoms with E-state index in [9.17, 15) is 45.4 Å². The number of rotatable bonds is 6. The molecule has 0 fully saturated rings. The van der Waals surface area contributed by atoms with E-state index in [0.29, 0.717) is 11.9 Å². The van der Waals surface area contributed by atoms with Gasteiger partial charge in [0.15, 0.2) is 11.9 Å². The normalized spacial score (nSPS) is 12.6. The maximum atomic E-state index is 14.6. The first-order valence-electron chi connectivity index (χ1n) is 11.9. The number of nitrogen functional groups attached to an aromatic ring is 1. The molecule has 3 heterocycles. The van der Waals surface area contributed by atoms with E-state index >= 15 is 0 Å². The number of anilines is 1. The molecule has 0 aliphatic heterocycles. The van der Waals surface area contributed by atoms with Crippen molar-refractivity contribution in [2.24, 2.45) is 0 Å². The topological polar surface area (TPSA) is 140 Å². The lowest BCUT2D eigenvalue weighted by molar-refractivity contribution is -0.206. The monoisotopic (exact) mass is 588 g/mol. The Hall–Kier alpha value is -4.34. The van der Waals surface area contributed by atoms with E-state index in [-0.39, 0.29) is 22.3 Å². The highest BCUT2D eigenvalue weighted by Gasteiger charge is 2.40. The van der Waals surface area contributed by atoms with Crippen LogP contribution in [0.4, 0.5) is 36.4 Å². The van der Waals surface area contributed by atoms with Crippen molar-refractivity contribution in [2.75, 3.05) is 5.73 Å². The van der Waals surface area contributed by atoms with Crippen molar-refractivity contribution in [3.05, 3.63) is 80.6 Å². The van der Waals surface area contributed by atoms with Crippen LogP contribution in [0.1, 0.15) is 43.4 Å². The fraction of sp³-hybridized carbons (Fsp3) is 0.320. The molecule has 0 aliphatic carbocycles. The maximum Gasteiger partial charge on any atom is 0.423 e. The molecule has 4 N–H and O–H groups in total. The second-order valence-electron chi connectivity index (χ2n) is 8.75. The lowest BCUT2D eigenvalue weighted by Gasteiger charge is -2.14. The molecule has 220 valence electrons. The fourth-order valence-corrected chi connectivity index (χ4v) is 3.70. The number of nitrogens with one attached hydrogen (secondary N) is 1. The molecule has 9 nitrogen and oxygen atoms in total. The summed E-state index contributed by atoms with van der Waals surface area (Å²) < 4.78 is 89.8. The minimum absolute atomic E-state index is 0.0475. The Balaban J connectivity index is 0.000000322. The molecule has 0 radical (unpaired) electrons. The zero-order chi connectivity index (χ0) is 30.5. The number of H-pyrrole nitrogens is 1. The smallest absolute Gasteiger partial charge is 0.397 e. The van der Waals surface area contributed by atoms with Gasteiger partial charge >= 0.3 is 12.4 Å². The fourth-order valence-electron chi connectivity index (χ4n) is 3.70. The number of nitrogens with zero attached hydrogens (tertiary/aromatic N) is 4. The molecule has 0 amide bonds. The molecule has 1 aromatic carbocycles. The zero-order valence-electron chi connectivity index (χ0n) is 21.2. The second-order valence-corrected chi connectivity index (χ2v) is 8.75. The summed E-state index contributed by atoms with van der Waals surface area (Å²) in [5.74, 6) is -0.903. The predicted molar refractivity (Wildman–Crippen MR) is 134 cm³/mol. The Morgan fingerprint density at radius 3 is 2.24 bits per heavy atom. The molecular formula is C25H23F7N6O3. The number of aromatic nitrogens is 5. The van der Waals surface area contributed by atoms with E-state index in [1.165, 1.54) is 10.6 Å². The number of aryl methyl sites for hydroxylation is 1. The highest BCUT2D eigenvalue weighted by molar-refractivity contribution is 5.85. The van der Waals surface area contributed by atoms with Crippen LogP contribution in [0.2, 0.25) is 0 Å². The van der Waals surface area contributed by atoms with E-state index in [1.807, 2.05) is 0 Å². The van der Waals surface area contributed by atoms with Gasteiger partial charge in [-0.2, -0.15) is 31.4 Å². The predicted octanol–water partition coefficient (Wildman–Crippen LogP) is 4.75. The molecule has 3 aromatic heterocycles. The van der Waals surface area contributed by atoms with Gasteiger partial charge < -0.3 is 15.4 Å². The van der Waals surface area contributed by atoms with Crippen LogP contribution in [0.25, 0.3) is 22.2 Å². The average molecular weight is 588 g/mol. The Morgan fingerprint density at radius 2 is 1.71 bits per heavy atom. The Morgan fingerprint density at radius 1 is 1.05 bits per heavy atom. The van der Waals surface area contributed by atoms with E-state index in [1.54, 1.807) is 17.4 Å². The molecule has 4 aromatic rings. The number of aliphatic hydroxyl groups is 1.